The Balaban J connectivity index is 1.92. The first-order valence-corrected chi connectivity index (χ1v) is 8.57. The van der Waals surface area contributed by atoms with Crippen molar-refractivity contribution in [3.63, 3.8) is 0 Å². The molecule has 0 aromatic carbocycles. The lowest BCUT2D eigenvalue weighted by Gasteiger charge is -2.35. The minimum atomic E-state index is -0.432. The van der Waals surface area contributed by atoms with Crippen LogP contribution in [0, 0.1) is 17.0 Å². The SMILES string of the molecule is Cc1cccc(Nc2ncnc(N(C)C3CCN(C)CC3)c2[N+](=O)[O-])n1. The second kappa shape index (κ2) is 7.61. The number of hydrogen-bond acceptors (Lipinski definition) is 8. The number of nitrogens with zero attached hydrogens (tertiary/aromatic N) is 6. The van der Waals surface area contributed by atoms with Crippen molar-refractivity contribution >= 4 is 23.1 Å². The van der Waals surface area contributed by atoms with E-state index in [2.05, 4.69) is 32.2 Å². The standard InChI is InChI=1S/C17H23N7O2/c1-12-5-4-6-14(20-12)21-16-15(24(25)26)17(19-11-18-16)23(3)13-7-9-22(2)10-8-13/h4-6,11,13H,7-10H2,1-3H3,(H,18,19,20,21). The van der Waals surface area contributed by atoms with Crippen molar-refractivity contribution in [2.75, 3.05) is 37.4 Å². The van der Waals surface area contributed by atoms with Gasteiger partial charge in [0.15, 0.2) is 0 Å². The number of anilines is 3. The Morgan fingerprint density at radius 1 is 1.31 bits per heavy atom. The second-order valence-corrected chi connectivity index (χ2v) is 6.59. The van der Waals surface area contributed by atoms with Crippen LogP contribution in [0.15, 0.2) is 24.5 Å². The zero-order chi connectivity index (χ0) is 18.7. The lowest BCUT2D eigenvalue weighted by Crippen LogP contribution is -2.42. The zero-order valence-electron chi connectivity index (χ0n) is 15.2. The molecule has 9 nitrogen and oxygen atoms in total. The topological polar surface area (TPSA) is 100 Å². The quantitative estimate of drug-likeness (QED) is 0.643. The largest absolute Gasteiger partial charge is 0.353 e. The van der Waals surface area contributed by atoms with E-state index in [0.717, 1.165) is 31.6 Å². The average molecular weight is 357 g/mol. The highest BCUT2D eigenvalue weighted by Gasteiger charge is 2.30. The molecule has 0 unspecified atom stereocenters. The summed E-state index contributed by atoms with van der Waals surface area (Å²) in [4.78, 5) is 28.1. The van der Waals surface area contributed by atoms with Gasteiger partial charge in [-0.1, -0.05) is 6.07 Å². The molecule has 1 N–H and O–H groups in total. The summed E-state index contributed by atoms with van der Waals surface area (Å²) in [6.45, 7) is 3.79. The molecular weight excluding hydrogens is 334 g/mol. The molecule has 0 spiro atoms. The molecule has 2 aromatic heterocycles. The third kappa shape index (κ3) is 3.88. The Kier molecular flexibility index (Phi) is 5.27. The predicted molar refractivity (Wildman–Crippen MR) is 99.9 cm³/mol. The molecular formula is C17H23N7O2. The highest BCUT2D eigenvalue weighted by molar-refractivity contribution is 5.73. The molecule has 0 radical (unpaired) electrons. The molecule has 3 rings (SSSR count). The Bertz CT molecular complexity index is 790. The zero-order valence-corrected chi connectivity index (χ0v) is 15.2. The van der Waals surface area contributed by atoms with E-state index >= 15 is 0 Å². The van der Waals surface area contributed by atoms with E-state index in [4.69, 9.17) is 0 Å². The molecule has 1 saturated heterocycles. The van der Waals surface area contributed by atoms with E-state index in [9.17, 15) is 10.1 Å². The van der Waals surface area contributed by atoms with Gasteiger partial charge >= 0.3 is 5.69 Å². The van der Waals surface area contributed by atoms with Crippen LogP contribution in [-0.4, -0.2) is 58.0 Å². The van der Waals surface area contributed by atoms with E-state index in [0.29, 0.717) is 11.6 Å². The lowest BCUT2D eigenvalue weighted by molar-refractivity contribution is -0.383. The Morgan fingerprint density at radius 3 is 2.69 bits per heavy atom. The van der Waals surface area contributed by atoms with Crippen molar-refractivity contribution in [1.82, 2.24) is 19.9 Å². The van der Waals surface area contributed by atoms with Crippen molar-refractivity contribution in [2.24, 2.45) is 0 Å². The number of hydrogen-bond donors (Lipinski definition) is 1. The fourth-order valence-corrected chi connectivity index (χ4v) is 3.18. The molecule has 1 aliphatic rings. The second-order valence-electron chi connectivity index (χ2n) is 6.59. The van der Waals surface area contributed by atoms with Gasteiger partial charge in [0.1, 0.15) is 12.1 Å². The summed E-state index contributed by atoms with van der Waals surface area (Å²) in [6.07, 6.45) is 3.23. The normalized spacial score (nSPS) is 15.7. The summed E-state index contributed by atoms with van der Waals surface area (Å²) in [5, 5.41) is 14.7. The van der Waals surface area contributed by atoms with Crippen molar-refractivity contribution < 1.29 is 4.92 Å². The third-order valence-electron chi connectivity index (χ3n) is 4.69. The summed E-state index contributed by atoms with van der Waals surface area (Å²) in [5.74, 6) is 0.993. The predicted octanol–water partition coefficient (Wildman–Crippen LogP) is 2.36. The van der Waals surface area contributed by atoms with Crippen LogP contribution in [0.25, 0.3) is 0 Å². The van der Waals surface area contributed by atoms with Gasteiger partial charge < -0.3 is 15.1 Å². The van der Waals surface area contributed by atoms with Gasteiger partial charge in [-0.15, -0.1) is 0 Å². The van der Waals surface area contributed by atoms with E-state index in [1.54, 1.807) is 6.07 Å². The monoisotopic (exact) mass is 357 g/mol. The average Bonchev–Trinajstić information content (AvgIpc) is 2.61. The highest BCUT2D eigenvalue weighted by Crippen LogP contribution is 2.34. The van der Waals surface area contributed by atoms with Gasteiger partial charge in [0, 0.05) is 18.8 Å². The van der Waals surface area contributed by atoms with Gasteiger partial charge in [-0.25, -0.2) is 15.0 Å². The van der Waals surface area contributed by atoms with Crippen LogP contribution in [0.5, 0.6) is 0 Å². The Hall–Kier alpha value is -2.81. The fourth-order valence-electron chi connectivity index (χ4n) is 3.18. The minimum Gasteiger partial charge on any atom is -0.351 e. The van der Waals surface area contributed by atoms with Crippen molar-refractivity contribution in [1.29, 1.82) is 0 Å². The maximum absolute atomic E-state index is 11.8. The van der Waals surface area contributed by atoms with E-state index in [-0.39, 0.29) is 17.5 Å². The Labute approximate surface area is 152 Å². The number of likely N-dealkylation sites (tertiary alicyclic amines) is 1. The van der Waals surface area contributed by atoms with Crippen LogP contribution < -0.4 is 10.2 Å². The van der Waals surface area contributed by atoms with Gasteiger partial charge in [0.25, 0.3) is 0 Å². The van der Waals surface area contributed by atoms with Crippen molar-refractivity contribution in [2.45, 2.75) is 25.8 Å². The van der Waals surface area contributed by atoms with Gasteiger partial charge in [0.2, 0.25) is 11.6 Å². The number of pyridine rings is 1. The maximum atomic E-state index is 11.8. The molecule has 138 valence electrons. The maximum Gasteiger partial charge on any atom is 0.353 e. The van der Waals surface area contributed by atoms with Crippen molar-refractivity contribution in [3.8, 4) is 0 Å². The summed E-state index contributed by atoms with van der Waals surface area (Å²) in [5.41, 5.74) is 0.688. The van der Waals surface area contributed by atoms with Gasteiger partial charge in [-0.3, -0.25) is 10.1 Å². The number of nitro groups is 1. The summed E-state index contributed by atoms with van der Waals surface area (Å²) in [7, 11) is 3.94. The molecule has 3 heterocycles. The van der Waals surface area contributed by atoms with Gasteiger partial charge in [0.05, 0.1) is 4.92 Å². The van der Waals surface area contributed by atoms with Crippen LogP contribution >= 0.6 is 0 Å². The Morgan fingerprint density at radius 2 is 2.04 bits per heavy atom. The third-order valence-corrected chi connectivity index (χ3v) is 4.69. The minimum absolute atomic E-state index is 0.128. The molecule has 2 aromatic rings. The van der Waals surface area contributed by atoms with Crippen LogP contribution in [0.3, 0.4) is 0 Å². The fraction of sp³-hybridized carbons (Fsp3) is 0.471. The number of aromatic nitrogens is 3. The molecule has 26 heavy (non-hydrogen) atoms. The van der Waals surface area contributed by atoms with E-state index in [1.165, 1.54) is 6.33 Å². The smallest absolute Gasteiger partial charge is 0.351 e. The molecule has 0 amide bonds. The first-order chi connectivity index (χ1) is 12.5. The number of aryl methyl sites for hydroxylation is 1. The summed E-state index contributed by atoms with van der Waals surface area (Å²) in [6, 6.07) is 5.66. The number of piperidine rings is 1. The van der Waals surface area contributed by atoms with Gasteiger partial charge in [-0.2, -0.15) is 0 Å². The highest BCUT2D eigenvalue weighted by atomic mass is 16.6. The van der Waals surface area contributed by atoms with Crippen LogP contribution in [0.4, 0.5) is 23.1 Å². The van der Waals surface area contributed by atoms with E-state index < -0.39 is 4.92 Å². The number of nitrogens with one attached hydrogen (secondary N) is 1. The van der Waals surface area contributed by atoms with E-state index in [1.807, 2.05) is 31.0 Å². The lowest BCUT2D eigenvalue weighted by atomic mass is 10.0. The van der Waals surface area contributed by atoms with Crippen LogP contribution in [0.1, 0.15) is 18.5 Å². The first kappa shape index (κ1) is 18.0. The van der Waals surface area contributed by atoms with Crippen LogP contribution in [-0.2, 0) is 0 Å². The van der Waals surface area contributed by atoms with Crippen molar-refractivity contribution in [3.05, 3.63) is 40.3 Å². The molecule has 0 aliphatic carbocycles. The molecule has 0 saturated carbocycles. The van der Waals surface area contributed by atoms with Crippen LogP contribution in [0.2, 0.25) is 0 Å². The molecule has 1 fully saturated rings. The first-order valence-electron chi connectivity index (χ1n) is 8.57. The molecule has 0 atom stereocenters. The summed E-state index contributed by atoms with van der Waals surface area (Å²) >= 11 is 0. The summed E-state index contributed by atoms with van der Waals surface area (Å²) < 4.78 is 0. The molecule has 9 heteroatoms. The molecule has 1 aliphatic heterocycles. The van der Waals surface area contributed by atoms with Gasteiger partial charge in [-0.05, 0) is 52.0 Å². The number of rotatable bonds is 5. The molecule has 0 bridgehead atoms.